The number of hydrogen-bond donors (Lipinski definition) is 1. The first-order valence-electron chi connectivity index (χ1n) is 13.2. The van der Waals surface area contributed by atoms with Crippen LogP contribution >= 0.6 is 0 Å². The fourth-order valence-electron chi connectivity index (χ4n) is 8.04. The van der Waals surface area contributed by atoms with E-state index in [1.807, 2.05) is 0 Å². The lowest BCUT2D eigenvalue weighted by Gasteiger charge is -2.60. The predicted molar refractivity (Wildman–Crippen MR) is 135 cm³/mol. The average Bonchev–Trinajstić information content (AvgIpc) is 2.81. The zero-order valence-electron chi connectivity index (χ0n) is 20.2. The number of aliphatic imine (C=N–C) groups is 1. The van der Waals surface area contributed by atoms with Gasteiger partial charge in [0.2, 0.25) is 0 Å². The number of benzene rings is 2. The summed E-state index contributed by atoms with van der Waals surface area (Å²) in [7, 11) is 1.75. The van der Waals surface area contributed by atoms with Crippen LogP contribution in [0.15, 0.2) is 47.5 Å². The van der Waals surface area contributed by atoms with Crippen LogP contribution in [0.1, 0.15) is 86.5 Å². The number of nitrogens with two attached hydrogens (primary N) is 1. The van der Waals surface area contributed by atoms with Crippen molar-refractivity contribution in [2.45, 2.75) is 82.2 Å². The van der Waals surface area contributed by atoms with Gasteiger partial charge in [0.05, 0.1) is 18.9 Å². The van der Waals surface area contributed by atoms with Gasteiger partial charge in [-0.1, -0.05) is 44.0 Å². The Balaban J connectivity index is 1.32. The lowest BCUT2D eigenvalue weighted by atomic mass is 9.47. The van der Waals surface area contributed by atoms with Crippen molar-refractivity contribution in [3.05, 3.63) is 64.7 Å². The fourth-order valence-corrected chi connectivity index (χ4v) is 8.04. The van der Waals surface area contributed by atoms with E-state index >= 15 is 0 Å². The fraction of sp³-hybridized carbons (Fsp3) is 0.567. The highest BCUT2D eigenvalue weighted by molar-refractivity contribution is 6.14. The van der Waals surface area contributed by atoms with Gasteiger partial charge < -0.3 is 10.5 Å². The summed E-state index contributed by atoms with van der Waals surface area (Å²) in [5.74, 6) is 4.02. The summed E-state index contributed by atoms with van der Waals surface area (Å²) in [5.41, 5.74) is 13.6. The second-order valence-electron chi connectivity index (χ2n) is 11.4. The monoisotopic (exact) mass is 442 g/mol. The number of hydrogen-bond acceptors (Lipinski definition) is 3. The summed E-state index contributed by atoms with van der Waals surface area (Å²) < 4.78 is 5.53. The van der Waals surface area contributed by atoms with Crippen LogP contribution in [0.5, 0.6) is 5.75 Å². The summed E-state index contributed by atoms with van der Waals surface area (Å²) in [6.45, 7) is 2.26. The third-order valence-corrected chi connectivity index (χ3v) is 9.14. The Morgan fingerprint density at radius 1 is 1.03 bits per heavy atom. The maximum absolute atomic E-state index is 7.10. The van der Waals surface area contributed by atoms with Gasteiger partial charge in [0, 0.05) is 22.6 Å². The Hall–Kier alpha value is -2.13. The van der Waals surface area contributed by atoms with Gasteiger partial charge in [-0.15, -0.1) is 0 Å². The molecule has 174 valence electrons. The number of unbranched alkanes of at least 4 members (excludes halogenated alkanes) is 1. The Morgan fingerprint density at radius 2 is 1.79 bits per heavy atom. The Morgan fingerprint density at radius 3 is 2.45 bits per heavy atom. The lowest BCUT2D eigenvalue weighted by Crippen LogP contribution is -2.60. The van der Waals surface area contributed by atoms with Gasteiger partial charge in [-0.05, 0) is 92.0 Å². The van der Waals surface area contributed by atoms with E-state index in [4.69, 9.17) is 15.5 Å². The first-order valence-corrected chi connectivity index (χ1v) is 13.2. The molecule has 2 aromatic carbocycles. The van der Waals surface area contributed by atoms with Crippen LogP contribution in [0.2, 0.25) is 0 Å². The molecule has 0 amide bonds. The molecule has 0 radical (unpaired) electrons. The molecule has 0 aromatic heterocycles. The second kappa shape index (κ2) is 8.27. The molecule has 7 rings (SSSR count). The molecule has 2 N–H and O–H groups in total. The van der Waals surface area contributed by atoms with E-state index in [2.05, 4.69) is 49.4 Å². The van der Waals surface area contributed by atoms with Crippen molar-refractivity contribution in [1.29, 1.82) is 0 Å². The maximum Gasteiger partial charge on any atom is 0.119 e. The molecule has 5 aliphatic rings. The van der Waals surface area contributed by atoms with Crippen LogP contribution in [-0.2, 0) is 6.42 Å². The van der Waals surface area contributed by atoms with Crippen molar-refractivity contribution in [3.8, 4) is 5.75 Å². The molecule has 0 saturated heterocycles. The van der Waals surface area contributed by atoms with Crippen LogP contribution in [0.4, 0.5) is 0 Å². The first kappa shape index (κ1) is 21.4. The molecule has 2 aromatic rings. The Kier molecular flexibility index (Phi) is 5.36. The van der Waals surface area contributed by atoms with E-state index in [1.165, 1.54) is 67.2 Å². The van der Waals surface area contributed by atoms with Crippen LogP contribution in [0, 0.1) is 17.8 Å². The number of fused-ring (bicyclic) bond motifs is 1. The largest absolute Gasteiger partial charge is 0.497 e. The summed E-state index contributed by atoms with van der Waals surface area (Å²) in [4.78, 5) is 5.27. The normalized spacial score (nSPS) is 34.2. The van der Waals surface area contributed by atoms with Crippen LogP contribution in [0.3, 0.4) is 0 Å². The van der Waals surface area contributed by atoms with Gasteiger partial charge >= 0.3 is 0 Å². The van der Waals surface area contributed by atoms with E-state index in [0.717, 1.165) is 42.1 Å². The minimum Gasteiger partial charge on any atom is -0.497 e. The quantitative estimate of drug-likeness (QED) is 0.573. The molecule has 3 nitrogen and oxygen atoms in total. The van der Waals surface area contributed by atoms with Gasteiger partial charge in [-0.25, -0.2) is 0 Å². The van der Waals surface area contributed by atoms with Gasteiger partial charge in [0.1, 0.15) is 5.75 Å². The first-order chi connectivity index (χ1) is 16.1. The zero-order chi connectivity index (χ0) is 22.6. The number of rotatable bonds is 6. The SMILES string of the molecule is CCCC[C@H]1Cc2cc(OC)ccc2C(c2ccc(C3C4CC5CC(C4)CC3(N)C5)cc2)=N1. The van der Waals surface area contributed by atoms with Crippen molar-refractivity contribution >= 4 is 5.71 Å². The van der Waals surface area contributed by atoms with E-state index in [1.54, 1.807) is 7.11 Å². The molecular weight excluding hydrogens is 404 g/mol. The van der Waals surface area contributed by atoms with Crippen molar-refractivity contribution in [3.63, 3.8) is 0 Å². The van der Waals surface area contributed by atoms with Gasteiger partial charge in [-0.3, -0.25) is 4.99 Å². The Bertz CT molecular complexity index is 1040. The molecule has 1 aliphatic heterocycles. The number of methoxy groups -OCH3 is 1. The topological polar surface area (TPSA) is 47.6 Å². The lowest BCUT2D eigenvalue weighted by molar-refractivity contribution is -0.0221. The number of nitrogens with zero attached hydrogens (tertiary/aromatic N) is 1. The molecule has 4 atom stereocenters. The highest BCUT2D eigenvalue weighted by atomic mass is 16.5. The standard InChI is InChI=1S/C30H38N2O/c1-3-4-5-25-15-23-16-26(33-2)10-11-27(23)29(32-25)22-8-6-21(7-9-22)28-24-13-19-12-20(14-24)18-30(28,31)17-19/h6-11,16,19-20,24-25,28H,3-5,12-15,17-18,31H2,1-2H3/t19?,20?,24?,25-,28?,30?/m0/s1. The molecule has 33 heavy (non-hydrogen) atoms. The molecule has 4 fully saturated rings. The highest BCUT2D eigenvalue weighted by Crippen LogP contribution is 2.60. The summed E-state index contributed by atoms with van der Waals surface area (Å²) >= 11 is 0. The summed E-state index contributed by atoms with van der Waals surface area (Å²) in [6, 6.07) is 16.2. The minimum absolute atomic E-state index is 0.0209. The molecule has 3 unspecified atom stereocenters. The highest BCUT2D eigenvalue weighted by Gasteiger charge is 2.55. The zero-order valence-corrected chi connectivity index (χ0v) is 20.2. The van der Waals surface area contributed by atoms with Crippen LogP contribution < -0.4 is 10.5 Å². The molecule has 4 bridgehead atoms. The van der Waals surface area contributed by atoms with Crippen LogP contribution in [0.25, 0.3) is 0 Å². The van der Waals surface area contributed by atoms with Gasteiger partial charge in [0.25, 0.3) is 0 Å². The molecule has 4 saturated carbocycles. The van der Waals surface area contributed by atoms with Gasteiger partial charge in [0.15, 0.2) is 0 Å². The summed E-state index contributed by atoms with van der Waals surface area (Å²) in [6.07, 6.45) is 11.3. The van der Waals surface area contributed by atoms with E-state index in [0.29, 0.717) is 12.0 Å². The van der Waals surface area contributed by atoms with Crippen molar-refractivity contribution in [2.24, 2.45) is 28.5 Å². The predicted octanol–water partition coefficient (Wildman–Crippen LogP) is 6.27. The average molecular weight is 443 g/mol. The van der Waals surface area contributed by atoms with Crippen molar-refractivity contribution < 1.29 is 4.74 Å². The third kappa shape index (κ3) is 3.73. The molecular formula is C30H38N2O. The molecule has 3 heteroatoms. The van der Waals surface area contributed by atoms with E-state index in [-0.39, 0.29) is 5.54 Å². The molecule has 0 spiro atoms. The maximum atomic E-state index is 7.10. The van der Waals surface area contributed by atoms with E-state index < -0.39 is 0 Å². The van der Waals surface area contributed by atoms with Crippen LogP contribution in [-0.4, -0.2) is 24.4 Å². The smallest absolute Gasteiger partial charge is 0.119 e. The second-order valence-corrected chi connectivity index (χ2v) is 11.4. The molecule has 4 aliphatic carbocycles. The van der Waals surface area contributed by atoms with Crippen molar-refractivity contribution in [2.75, 3.05) is 7.11 Å². The van der Waals surface area contributed by atoms with E-state index in [9.17, 15) is 0 Å². The van der Waals surface area contributed by atoms with Gasteiger partial charge in [-0.2, -0.15) is 0 Å². The molecule has 1 heterocycles. The third-order valence-electron chi connectivity index (χ3n) is 9.14. The minimum atomic E-state index is 0.0209. The number of ether oxygens (including phenoxy) is 1. The van der Waals surface area contributed by atoms with Crippen molar-refractivity contribution in [1.82, 2.24) is 0 Å². The Labute approximate surface area is 198 Å². The summed E-state index contributed by atoms with van der Waals surface area (Å²) in [5, 5.41) is 0.